The topological polar surface area (TPSA) is 38.7 Å². The smallest absolute Gasteiger partial charge is 0.160 e. The van der Waals surface area contributed by atoms with Gasteiger partial charge in [-0.1, -0.05) is 13.0 Å². The minimum absolute atomic E-state index is 0.157. The van der Waals surface area contributed by atoms with Gasteiger partial charge in [0.1, 0.15) is 0 Å². The van der Waals surface area contributed by atoms with E-state index in [9.17, 15) is 5.11 Å². The monoisotopic (exact) mass is 196 g/mol. The van der Waals surface area contributed by atoms with Crippen LogP contribution in [0.2, 0.25) is 0 Å². The molecule has 1 aromatic rings. The van der Waals surface area contributed by atoms with E-state index in [4.69, 9.17) is 9.47 Å². The Hall–Kier alpha value is -1.22. The number of aromatic hydroxyl groups is 1. The molecule has 0 saturated carbocycles. The molecule has 0 spiro atoms. The average molecular weight is 196 g/mol. The van der Waals surface area contributed by atoms with Crippen molar-refractivity contribution in [2.24, 2.45) is 0 Å². The molecule has 0 saturated heterocycles. The molecular formula is C11H16O3. The summed E-state index contributed by atoms with van der Waals surface area (Å²) in [4.78, 5) is 0. The van der Waals surface area contributed by atoms with E-state index >= 15 is 0 Å². The largest absolute Gasteiger partial charge is 0.504 e. The van der Waals surface area contributed by atoms with Crippen LogP contribution in [-0.2, 0) is 11.3 Å². The van der Waals surface area contributed by atoms with Crippen LogP contribution in [0, 0.1) is 0 Å². The lowest BCUT2D eigenvalue weighted by atomic mass is 10.2. The van der Waals surface area contributed by atoms with Crippen molar-refractivity contribution in [2.45, 2.75) is 20.0 Å². The van der Waals surface area contributed by atoms with Gasteiger partial charge in [0, 0.05) is 6.61 Å². The molecule has 0 atom stereocenters. The van der Waals surface area contributed by atoms with Crippen LogP contribution in [-0.4, -0.2) is 18.8 Å². The van der Waals surface area contributed by atoms with E-state index in [1.54, 1.807) is 12.1 Å². The van der Waals surface area contributed by atoms with Gasteiger partial charge in [-0.3, -0.25) is 0 Å². The Kier molecular flexibility index (Phi) is 4.26. The van der Waals surface area contributed by atoms with Crippen molar-refractivity contribution in [3.63, 3.8) is 0 Å². The first kappa shape index (κ1) is 10.9. The summed E-state index contributed by atoms with van der Waals surface area (Å²) in [5, 5.41) is 9.47. The number of hydrogen-bond acceptors (Lipinski definition) is 3. The molecular weight excluding hydrogens is 180 g/mol. The van der Waals surface area contributed by atoms with E-state index in [0.717, 1.165) is 18.6 Å². The van der Waals surface area contributed by atoms with E-state index in [1.165, 1.54) is 7.11 Å². The van der Waals surface area contributed by atoms with Crippen LogP contribution in [0.15, 0.2) is 18.2 Å². The second-order valence-electron chi connectivity index (χ2n) is 3.06. The number of methoxy groups -OCH3 is 1. The molecule has 0 aliphatic carbocycles. The fourth-order valence-corrected chi connectivity index (χ4v) is 1.16. The Morgan fingerprint density at radius 1 is 1.36 bits per heavy atom. The molecule has 0 amide bonds. The molecule has 3 nitrogen and oxygen atoms in total. The molecule has 3 heteroatoms. The van der Waals surface area contributed by atoms with Crippen LogP contribution in [0.4, 0.5) is 0 Å². The number of phenols is 1. The lowest BCUT2D eigenvalue weighted by Gasteiger charge is -2.06. The van der Waals surface area contributed by atoms with Crippen LogP contribution in [0.1, 0.15) is 18.9 Å². The zero-order valence-electron chi connectivity index (χ0n) is 8.62. The SMILES string of the molecule is CCCOCc1ccc(OC)c(O)c1. The van der Waals surface area contributed by atoms with Gasteiger partial charge in [-0.15, -0.1) is 0 Å². The maximum Gasteiger partial charge on any atom is 0.160 e. The molecule has 0 aromatic heterocycles. The predicted octanol–water partition coefficient (Wildman–Crippen LogP) is 2.33. The van der Waals surface area contributed by atoms with Crippen molar-refractivity contribution in [1.29, 1.82) is 0 Å². The molecule has 1 rings (SSSR count). The zero-order chi connectivity index (χ0) is 10.4. The summed E-state index contributed by atoms with van der Waals surface area (Å²) in [5.74, 6) is 0.648. The van der Waals surface area contributed by atoms with Crippen molar-refractivity contribution in [3.05, 3.63) is 23.8 Å². The summed E-state index contributed by atoms with van der Waals surface area (Å²) >= 11 is 0. The first-order valence-electron chi connectivity index (χ1n) is 4.71. The number of rotatable bonds is 5. The lowest BCUT2D eigenvalue weighted by Crippen LogP contribution is -1.94. The summed E-state index contributed by atoms with van der Waals surface area (Å²) in [5.41, 5.74) is 0.955. The molecule has 0 bridgehead atoms. The Morgan fingerprint density at radius 3 is 2.71 bits per heavy atom. The fourth-order valence-electron chi connectivity index (χ4n) is 1.16. The normalized spacial score (nSPS) is 10.1. The fraction of sp³-hybridized carbons (Fsp3) is 0.455. The van der Waals surface area contributed by atoms with Crippen LogP contribution in [0.3, 0.4) is 0 Å². The first-order valence-corrected chi connectivity index (χ1v) is 4.71. The second-order valence-corrected chi connectivity index (χ2v) is 3.06. The van der Waals surface area contributed by atoms with E-state index in [-0.39, 0.29) is 5.75 Å². The third-order valence-corrected chi connectivity index (χ3v) is 1.86. The molecule has 0 unspecified atom stereocenters. The first-order chi connectivity index (χ1) is 6.77. The van der Waals surface area contributed by atoms with Crippen molar-refractivity contribution < 1.29 is 14.6 Å². The van der Waals surface area contributed by atoms with Gasteiger partial charge in [0.15, 0.2) is 11.5 Å². The van der Waals surface area contributed by atoms with Gasteiger partial charge < -0.3 is 14.6 Å². The highest BCUT2D eigenvalue weighted by Gasteiger charge is 2.01. The molecule has 14 heavy (non-hydrogen) atoms. The number of benzene rings is 1. The molecule has 78 valence electrons. The highest BCUT2D eigenvalue weighted by molar-refractivity contribution is 5.41. The maximum atomic E-state index is 9.47. The third-order valence-electron chi connectivity index (χ3n) is 1.86. The summed E-state index contributed by atoms with van der Waals surface area (Å²) in [6, 6.07) is 5.28. The number of phenolic OH excluding ortho intramolecular Hbond substituents is 1. The summed E-state index contributed by atoms with van der Waals surface area (Å²) in [6.07, 6.45) is 1.00. The minimum Gasteiger partial charge on any atom is -0.504 e. The molecule has 0 heterocycles. The van der Waals surface area contributed by atoms with Crippen molar-refractivity contribution >= 4 is 0 Å². The summed E-state index contributed by atoms with van der Waals surface area (Å²) < 4.78 is 10.3. The Bertz CT molecular complexity index is 284. The average Bonchev–Trinajstić information content (AvgIpc) is 2.18. The van der Waals surface area contributed by atoms with Gasteiger partial charge in [-0.05, 0) is 24.1 Å². The Labute approximate surface area is 84.3 Å². The van der Waals surface area contributed by atoms with Crippen LogP contribution < -0.4 is 4.74 Å². The van der Waals surface area contributed by atoms with Crippen LogP contribution >= 0.6 is 0 Å². The second kappa shape index (κ2) is 5.50. The Morgan fingerprint density at radius 2 is 2.14 bits per heavy atom. The standard InChI is InChI=1S/C11H16O3/c1-3-6-14-8-9-4-5-11(13-2)10(12)7-9/h4-5,7,12H,3,6,8H2,1-2H3. The lowest BCUT2D eigenvalue weighted by molar-refractivity contribution is 0.121. The van der Waals surface area contributed by atoms with Gasteiger partial charge in [0.05, 0.1) is 13.7 Å². The number of ether oxygens (including phenoxy) is 2. The van der Waals surface area contributed by atoms with Crippen LogP contribution in [0.5, 0.6) is 11.5 Å². The minimum atomic E-state index is 0.157. The van der Waals surface area contributed by atoms with Gasteiger partial charge >= 0.3 is 0 Å². The number of hydrogen-bond donors (Lipinski definition) is 1. The van der Waals surface area contributed by atoms with Crippen molar-refractivity contribution in [2.75, 3.05) is 13.7 Å². The van der Waals surface area contributed by atoms with Gasteiger partial charge in [0.2, 0.25) is 0 Å². The highest BCUT2D eigenvalue weighted by Crippen LogP contribution is 2.26. The quantitative estimate of drug-likeness (QED) is 0.734. The molecule has 0 radical (unpaired) electrons. The van der Waals surface area contributed by atoms with Crippen LogP contribution in [0.25, 0.3) is 0 Å². The predicted molar refractivity (Wildman–Crippen MR) is 54.6 cm³/mol. The zero-order valence-corrected chi connectivity index (χ0v) is 8.62. The summed E-state index contributed by atoms with van der Waals surface area (Å²) in [6.45, 7) is 3.34. The van der Waals surface area contributed by atoms with E-state index < -0.39 is 0 Å². The van der Waals surface area contributed by atoms with Crippen molar-refractivity contribution in [3.8, 4) is 11.5 Å². The van der Waals surface area contributed by atoms with Gasteiger partial charge in [0.25, 0.3) is 0 Å². The summed E-state index contributed by atoms with van der Waals surface area (Å²) in [7, 11) is 1.53. The molecule has 1 N–H and O–H groups in total. The highest BCUT2D eigenvalue weighted by atomic mass is 16.5. The molecule has 1 aromatic carbocycles. The Balaban J connectivity index is 2.57. The van der Waals surface area contributed by atoms with Gasteiger partial charge in [-0.2, -0.15) is 0 Å². The van der Waals surface area contributed by atoms with E-state index in [0.29, 0.717) is 12.4 Å². The third kappa shape index (κ3) is 2.92. The van der Waals surface area contributed by atoms with E-state index in [1.807, 2.05) is 6.07 Å². The van der Waals surface area contributed by atoms with Crippen molar-refractivity contribution in [1.82, 2.24) is 0 Å². The molecule has 0 aliphatic heterocycles. The molecule has 0 fully saturated rings. The maximum absolute atomic E-state index is 9.47. The van der Waals surface area contributed by atoms with E-state index in [2.05, 4.69) is 6.92 Å². The van der Waals surface area contributed by atoms with Gasteiger partial charge in [-0.25, -0.2) is 0 Å². The molecule has 0 aliphatic rings.